The van der Waals surface area contributed by atoms with E-state index in [9.17, 15) is 4.79 Å². The number of para-hydroxylation sites is 1. The van der Waals surface area contributed by atoms with Crippen LogP contribution in [-0.4, -0.2) is 14.7 Å². The molecule has 0 aliphatic rings. The highest BCUT2D eigenvalue weighted by Gasteiger charge is 2.18. The molecule has 0 aliphatic heterocycles. The van der Waals surface area contributed by atoms with Crippen LogP contribution in [0.4, 0.5) is 0 Å². The van der Waals surface area contributed by atoms with Crippen molar-refractivity contribution in [3.63, 3.8) is 0 Å². The van der Waals surface area contributed by atoms with Gasteiger partial charge in [-0.1, -0.05) is 41.0 Å². The lowest BCUT2D eigenvalue weighted by Gasteiger charge is -2.11. The number of aromatic nitrogens is 3. The van der Waals surface area contributed by atoms with E-state index in [2.05, 4.69) is 10.1 Å². The van der Waals surface area contributed by atoms with Crippen LogP contribution in [0.15, 0.2) is 63.9 Å². The van der Waals surface area contributed by atoms with E-state index in [0.29, 0.717) is 38.9 Å². The van der Waals surface area contributed by atoms with E-state index in [1.807, 2.05) is 24.3 Å². The van der Waals surface area contributed by atoms with Crippen LogP contribution in [0.2, 0.25) is 5.02 Å². The molecule has 2 aromatic heterocycles. The number of fused-ring (bicyclic) bond motifs is 1. The van der Waals surface area contributed by atoms with Crippen molar-refractivity contribution in [2.24, 2.45) is 0 Å². The van der Waals surface area contributed by atoms with Gasteiger partial charge in [-0.2, -0.15) is 0 Å². The van der Waals surface area contributed by atoms with Crippen LogP contribution in [0.25, 0.3) is 28.2 Å². The van der Waals surface area contributed by atoms with E-state index in [-0.39, 0.29) is 5.56 Å². The molecule has 0 atom stereocenters. The Morgan fingerprint density at radius 3 is 2.58 bits per heavy atom. The average Bonchev–Trinajstić information content (AvgIpc) is 3.01. The fourth-order valence-electron chi connectivity index (χ4n) is 2.62. The lowest BCUT2D eigenvalue weighted by Crippen LogP contribution is -2.21. The summed E-state index contributed by atoms with van der Waals surface area (Å²) < 4.78 is 6.72. The predicted molar refractivity (Wildman–Crippen MR) is 92.6 cm³/mol. The van der Waals surface area contributed by atoms with Crippen molar-refractivity contribution < 1.29 is 4.52 Å². The number of aryl methyl sites for hydroxylation is 1. The molecule has 2 aromatic carbocycles. The largest absolute Gasteiger partial charge is 0.338 e. The lowest BCUT2D eigenvalue weighted by atomic mass is 10.1. The van der Waals surface area contributed by atoms with Gasteiger partial charge < -0.3 is 4.52 Å². The van der Waals surface area contributed by atoms with Crippen LogP contribution < -0.4 is 5.56 Å². The van der Waals surface area contributed by atoms with E-state index in [1.165, 1.54) is 4.57 Å². The first-order valence-electron chi connectivity index (χ1n) is 7.35. The highest BCUT2D eigenvalue weighted by Crippen LogP contribution is 2.28. The van der Waals surface area contributed by atoms with Crippen LogP contribution in [0.5, 0.6) is 0 Å². The molecule has 2 heterocycles. The normalized spacial score (nSPS) is 11.1. The number of nitrogens with zero attached hydrogens (tertiary/aromatic N) is 3. The third kappa shape index (κ3) is 2.30. The molecular formula is C18H12ClN3O2. The van der Waals surface area contributed by atoms with Crippen molar-refractivity contribution >= 4 is 22.5 Å². The highest BCUT2D eigenvalue weighted by atomic mass is 35.5. The third-order valence-electron chi connectivity index (χ3n) is 3.73. The molecule has 0 saturated heterocycles. The molecule has 0 unspecified atom stereocenters. The maximum atomic E-state index is 13.0. The van der Waals surface area contributed by atoms with Crippen molar-refractivity contribution in [1.29, 1.82) is 0 Å². The minimum Gasteiger partial charge on any atom is -0.338 e. The molecule has 0 N–H and O–H groups in total. The van der Waals surface area contributed by atoms with E-state index in [1.54, 1.807) is 37.3 Å². The zero-order valence-corrected chi connectivity index (χ0v) is 13.5. The molecule has 118 valence electrons. The summed E-state index contributed by atoms with van der Waals surface area (Å²) in [5, 5.41) is 4.88. The number of hydrogen-bond donors (Lipinski definition) is 0. The van der Waals surface area contributed by atoms with Gasteiger partial charge in [-0.05, 0) is 31.2 Å². The molecule has 0 amide bonds. The Balaban J connectivity index is 2.15. The lowest BCUT2D eigenvalue weighted by molar-refractivity contribution is 0.400. The van der Waals surface area contributed by atoms with Gasteiger partial charge >= 0.3 is 0 Å². The van der Waals surface area contributed by atoms with Crippen LogP contribution in [0.1, 0.15) is 5.69 Å². The van der Waals surface area contributed by atoms with Gasteiger partial charge in [-0.15, -0.1) is 0 Å². The molecule has 0 radical (unpaired) electrons. The second-order valence-electron chi connectivity index (χ2n) is 5.38. The number of halogens is 1. The van der Waals surface area contributed by atoms with Crippen LogP contribution >= 0.6 is 11.6 Å². The molecule has 4 rings (SSSR count). The minimum atomic E-state index is -0.230. The second-order valence-corrected chi connectivity index (χ2v) is 5.79. The third-order valence-corrected chi connectivity index (χ3v) is 4.06. The maximum absolute atomic E-state index is 13.0. The number of benzene rings is 2. The Labute approximate surface area is 142 Å². The van der Waals surface area contributed by atoms with E-state index in [0.717, 1.165) is 0 Å². The molecule has 5 nitrogen and oxygen atoms in total. The van der Waals surface area contributed by atoms with Crippen molar-refractivity contribution in [2.45, 2.75) is 6.92 Å². The average molecular weight is 338 g/mol. The molecule has 0 saturated carbocycles. The zero-order valence-electron chi connectivity index (χ0n) is 12.7. The van der Waals surface area contributed by atoms with Gasteiger partial charge in [-0.25, -0.2) is 9.55 Å². The monoisotopic (exact) mass is 337 g/mol. The Bertz CT molecular complexity index is 1110. The van der Waals surface area contributed by atoms with Gasteiger partial charge in [0.1, 0.15) is 0 Å². The summed E-state index contributed by atoms with van der Waals surface area (Å²) in [4.78, 5) is 17.7. The maximum Gasteiger partial charge on any atom is 0.268 e. The first-order chi connectivity index (χ1) is 11.6. The summed E-state index contributed by atoms with van der Waals surface area (Å²) in [7, 11) is 0. The van der Waals surface area contributed by atoms with Gasteiger partial charge in [0, 0.05) is 11.6 Å². The predicted octanol–water partition coefficient (Wildman–Crippen LogP) is 4.00. The zero-order chi connectivity index (χ0) is 16.7. The smallest absolute Gasteiger partial charge is 0.268 e. The first-order valence-corrected chi connectivity index (χ1v) is 7.73. The highest BCUT2D eigenvalue weighted by molar-refractivity contribution is 6.33. The quantitative estimate of drug-likeness (QED) is 0.554. The van der Waals surface area contributed by atoms with Crippen molar-refractivity contribution in [3.8, 4) is 17.3 Å². The van der Waals surface area contributed by atoms with Gasteiger partial charge in [-0.3, -0.25) is 4.79 Å². The topological polar surface area (TPSA) is 60.9 Å². The Kier molecular flexibility index (Phi) is 3.43. The summed E-state index contributed by atoms with van der Waals surface area (Å²) in [5.41, 5.74) is 1.70. The standard InChI is InChI=1S/C18H12ClN3O2/c1-11-10-16(24-21-11)22-17(12-6-2-4-8-14(12)19)20-15-9-5-3-7-13(15)18(22)23/h2-10H,1H3. The Hall–Kier alpha value is -2.92. The molecule has 0 spiro atoms. The molecule has 0 aliphatic carbocycles. The summed E-state index contributed by atoms with van der Waals surface area (Å²) in [6.07, 6.45) is 0. The van der Waals surface area contributed by atoms with Gasteiger partial charge in [0.05, 0.1) is 21.6 Å². The molecule has 0 fully saturated rings. The Morgan fingerprint density at radius 1 is 1.08 bits per heavy atom. The molecule has 24 heavy (non-hydrogen) atoms. The van der Waals surface area contributed by atoms with E-state index < -0.39 is 0 Å². The van der Waals surface area contributed by atoms with Gasteiger partial charge in [0.2, 0.25) is 5.88 Å². The van der Waals surface area contributed by atoms with E-state index >= 15 is 0 Å². The molecule has 4 aromatic rings. The van der Waals surface area contributed by atoms with Crippen LogP contribution in [0, 0.1) is 6.92 Å². The van der Waals surface area contributed by atoms with E-state index in [4.69, 9.17) is 16.1 Å². The molecule has 0 bridgehead atoms. The summed E-state index contributed by atoms with van der Waals surface area (Å²) >= 11 is 6.33. The Morgan fingerprint density at radius 2 is 1.83 bits per heavy atom. The first kappa shape index (κ1) is 14.7. The number of rotatable bonds is 2. The number of hydrogen-bond acceptors (Lipinski definition) is 4. The molecular weight excluding hydrogens is 326 g/mol. The van der Waals surface area contributed by atoms with Gasteiger partial charge in [0.15, 0.2) is 5.82 Å². The minimum absolute atomic E-state index is 0.230. The van der Waals surface area contributed by atoms with Crippen molar-refractivity contribution in [3.05, 3.63) is 75.7 Å². The summed E-state index contributed by atoms with van der Waals surface area (Å²) in [6.45, 7) is 1.79. The van der Waals surface area contributed by atoms with Gasteiger partial charge in [0.25, 0.3) is 5.56 Å². The van der Waals surface area contributed by atoms with Crippen molar-refractivity contribution in [2.75, 3.05) is 0 Å². The SMILES string of the molecule is Cc1cc(-n2c(-c3ccccc3Cl)nc3ccccc3c2=O)on1. The van der Waals surface area contributed by atoms with Crippen LogP contribution in [0.3, 0.4) is 0 Å². The summed E-state index contributed by atoms with van der Waals surface area (Å²) in [5.74, 6) is 0.728. The summed E-state index contributed by atoms with van der Waals surface area (Å²) in [6, 6.07) is 16.1. The fraction of sp³-hybridized carbons (Fsp3) is 0.0556. The van der Waals surface area contributed by atoms with Crippen molar-refractivity contribution in [1.82, 2.24) is 14.7 Å². The fourth-order valence-corrected chi connectivity index (χ4v) is 2.84. The second kappa shape index (κ2) is 5.62. The molecule has 6 heteroatoms. The van der Waals surface area contributed by atoms with Crippen LogP contribution in [-0.2, 0) is 0 Å².